The predicted molar refractivity (Wildman–Crippen MR) is 84.8 cm³/mol. The van der Waals surface area contributed by atoms with Crippen molar-refractivity contribution in [2.45, 2.75) is 18.9 Å². The molecule has 1 aliphatic rings. The molecule has 9 heteroatoms. The van der Waals surface area contributed by atoms with E-state index >= 15 is 0 Å². The SMILES string of the molecule is COc1cccc(C(=O)OCC(=O)NC2(C)CCS(=O)(=O)C2)c1O. The van der Waals surface area contributed by atoms with Crippen LogP contribution in [0.4, 0.5) is 0 Å². The van der Waals surface area contributed by atoms with Gasteiger partial charge in [0.1, 0.15) is 5.56 Å². The molecule has 1 aromatic rings. The van der Waals surface area contributed by atoms with Crippen LogP contribution in [-0.4, -0.2) is 56.2 Å². The molecule has 1 amide bonds. The van der Waals surface area contributed by atoms with Gasteiger partial charge >= 0.3 is 5.97 Å². The van der Waals surface area contributed by atoms with Gasteiger partial charge in [-0.1, -0.05) is 6.07 Å². The fourth-order valence-corrected chi connectivity index (χ4v) is 4.64. The third-order valence-electron chi connectivity index (χ3n) is 3.72. The number of carbonyl (C=O) groups is 2. The van der Waals surface area contributed by atoms with Crippen LogP contribution in [-0.2, 0) is 19.4 Å². The summed E-state index contributed by atoms with van der Waals surface area (Å²) in [6, 6.07) is 4.31. The fourth-order valence-electron chi connectivity index (χ4n) is 2.54. The Labute approximate surface area is 139 Å². The molecule has 0 bridgehead atoms. The molecule has 0 aliphatic carbocycles. The first-order valence-electron chi connectivity index (χ1n) is 7.20. The zero-order chi connectivity index (χ0) is 18.0. The molecule has 0 saturated carbocycles. The van der Waals surface area contributed by atoms with Gasteiger partial charge in [-0.25, -0.2) is 13.2 Å². The van der Waals surface area contributed by atoms with Crippen molar-refractivity contribution in [2.75, 3.05) is 25.2 Å². The molecule has 132 valence electrons. The van der Waals surface area contributed by atoms with E-state index in [4.69, 9.17) is 9.47 Å². The van der Waals surface area contributed by atoms with E-state index in [9.17, 15) is 23.1 Å². The number of benzene rings is 1. The maximum absolute atomic E-state index is 11.9. The Hall–Kier alpha value is -2.29. The molecule has 1 fully saturated rings. The lowest BCUT2D eigenvalue weighted by atomic mass is 10.0. The Kier molecular flexibility index (Phi) is 5.02. The maximum atomic E-state index is 11.9. The molecule has 8 nitrogen and oxygen atoms in total. The molecular formula is C15H19NO7S. The summed E-state index contributed by atoms with van der Waals surface area (Å²) in [4.78, 5) is 23.8. The van der Waals surface area contributed by atoms with Gasteiger partial charge in [-0.15, -0.1) is 0 Å². The molecule has 24 heavy (non-hydrogen) atoms. The molecule has 1 aromatic carbocycles. The Bertz CT molecular complexity index is 759. The summed E-state index contributed by atoms with van der Waals surface area (Å²) < 4.78 is 32.8. The third-order valence-corrected chi connectivity index (χ3v) is 5.62. The van der Waals surface area contributed by atoms with Crippen LogP contribution in [0.5, 0.6) is 11.5 Å². The number of methoxy groups -OCH3 is 1. The number of para-hydroxylation sites is 1. The van der Waals surface area contributed by atoms with Crippen LogP contribution in [0.15, 0.2) is 18.2 Å². The summed E-state index contributed by atoms with van der Waals surface area (Å²) in [5, 5.41) is 12.4. The van der Waals surface area contributed by atoms with Gasteiger partial charge in [-0.2, -0.15) is 0 Å². The van der Waals surface area contributed by atoms with Crippen LogP contribution >= 0.6 is 0 Å². The zero-order valence-electron chi connectivity index (χ0n) is 13.4. The van der Waals surface area contributed by atoms with Crippen molar-refractivity contribution in [3.63, 3.8) is 0 Å². The molecule has 1 heterocycles. The van der Waals surface area contributed by atoms with Gasteiger partial charge in [0.05, 0.1) is 24.2 Å². The Morgan fingerprint density at radius 3 is 2.67 bits per heavy atom. The van der Waals surface area contributed by atoms with Crippen molar-refractivity contribution in [1.82, 2.24) is 5.32 Å². The highest BCUT2D eigenvalue weighted by Crippen LogP contribution is 2.29. The molecule has 0 aromatic heterocycles. The van der Waals surface area contributed by atoms with Crippen LogP contribution < -0.4 is 10.1 Å². The van der Waals surface area contributed by atoms with E-state index in [2.05, 4.69) is 5.32 Å². The summed E-state index contributed by atoms with van der Waals surface area (Å²) in [5.41, 5.74) is -0.989. The van der Waals surface area contributed by atoms with Gasteiger partial charge in [0.15, 0.2) is 27.9 Å². The standard InChI is InChI=1S/C15H19NO7S/c1-15(6-7-24(20,21)9-15)16-12(17)8-23-14(19)10-4-3-5-11(22-2)13(10)18/h3-5,18H,6-9H2,1-2H3,(H,16,17). The van der Waals surface area contributed by atoms with Gasteiger partial charge in [0, 0.05) is 0 Å². The Morgan fingerprint density at radius 1 is 1.38 bits per heavy atom. The van der Waals surface area contributed by atoms with Gasteiger partial charge < -0.3 is 19.9 Å². The number of hydrogen-bond acceptors (Lipinski definition) is 7. The Morgan fingerprint density at radius 2 is 2.08 bits per heavy atom. The number of nitrogens with one attached hydrogen (secondary N) is 1. The first-order chi connectivity index (χ1) is 11.2. The Balaban J connectivity index is 1.94. The average molecular weight is 357 g/mol. The lowest BCUT2D eigenvalue weighted by Crippen LogP contribution is -2.48. The summed E-state index contributed by atoms with van der Waals surface area (Å²) in [6.45, 7) is 1.05. The van der Waals surface area contributed by atoms with Crippen molar-refractivity contribution in [1.29, 1.82) is 0 Å². The molecule has 2 N–H and O–H groups in total. The van der Waals surface area contributed by atoms with Crippen LogP contribution in [0.3, 0.4) is 0 Å². The van der Waals surface area contributed by atoms with Gasteiger partial charge in [0.2, 0.25) is 0 Å². The smallest absolute Gasteiger partial charge is 0.342 e. The molecule has 1 saturated heterocycles. The summed E-state index contributed by atoms with van der Waals surface area (Å²) in [5.74, 6) is -1.88. The average Bonchev–Trinajstić information content (AvgIpc) is 2.78. The molecule has 1 atom stereocenters. The van der Waals surface area contributed by atoms with E-state index in [1.165, 1.54) is 25.3 Å². The van der Waals surface area contributed by atoms with E-state index in [-0.39, 0.29) is 28.6 Å². The van der Waals surface area contributed by atoms with Crippen molar-refractivity contribution >= 4 is 21.7 Å². The number of ether oxygens (including phenoxy) is 2. The van der Waals surface area contributed by atoms with Crippen LogP contribution in [0.1, 0.15) is 23.7 Å². The topological polar surface area (TPSA) is 119 Å². The maximum Gasteiger partial charge on any atom is 0.342 e. The molecule has 1 unspecified atom stereocenters. The van der Waals surface area contributed by atoms with E-state index in [1.54, 1.807) is 6.92 Å². The number of phenolic OH excluding ortho intramolecular Hbond substituents is 1. The number of phenols is 1. The van der Waals surface area contributed by atoms with Crippen molar-refractivity contribution < 1.29 is 32.6 Å². The highest BCUT2D eigenvalue weighted by molar-refractivity contribution is 7.91. The first-order valence-corrected chi connectivity index (χ1v) is 9.02. The summed E-state index contributed by atoms with van der Waals surface area (Å²) >= 11 is 0. The fraction of sp³-hybridized carbons (Fsp3) is 0.467. The van der Waals surface area contributed by atoms with E-state index in [0.717, 1.165) is 0 Å². The molecule has 2 rings (SSSR count). The van der Waals surface area contributed by atoms with Crippen molar-refractivity contribution in [3.8, 4) is 11.5 Å². The quantitative estimate of drug-likeness (QED) is 0.725. The predicted octanol–water partition coefficient (Wildman–Crippen LogP) is 0.251. The van der Waals surface area contributed by atoms with E-state index in [0.29, 0.717) is 6.42 Å². The van der Waals surface area contributed by atoms with E-state index < -0.39 is 33.9 Å². The largest absolute Gasteiger partial charge is 0.504 e. The monoisotopic (exact) mass is 357 g/mol. The van der Waals surface area contributed by atoms with Gasteiger partial charge in [-0.05, 0) is 25.5 Å². The summed E-state index contributed by atoms with van der Waals surface area (Å²) in [7, 11) is -1.82. The zero-order valence-corrected chi connectivity index (χ0v) is 14.2. The number of amides is 1. The highest BCUT2D eigenvalue weighted by atomic mass is 32.2. The number of carbonyl (C=O) groups excluding carboxylic acids is 2. The number of hydrogen-bond donors (Lipinski definition) is 2. The number of rotatable bonds is 5. The summed E-state index contributed by atoms with van der Waals surface area (Å²) in [6.07, 6.45) is 0.311. The van der Waals surface area contributed by atoms with Crippen molar-refractivity contribution in [3.05, 3.63) is 23.8 Å². The van der Waals surface area contributed by atoms with Gasteiger partial charge in [0.25, 0.3) is 5.91 Å². The van der Waals surface area contributed by atoms with Crippen LogP contribution in [0.2, 0.25) is 0 Å². The lowest BCUT2D eigenvalue weighted by Gasteiger charge is -2.23. The minimum absolute atomic E-state index is 0.0151. The lowest BCUT2D eigenvalue weighted by molar-refractivity contribution is -0.125. The highest BCUT2D eigenvalue weighted by Gasteiger charge is 2.39. The number of aromatic hydroxyl groups is 1. The van der Waals surface area contributed by atoms with Crippen molar-refractivity contribution in [2.24, 2.45) is 0 Å². The minimum Gasteiger partial charge on any atom is -0.504 e. The second-order valence-corrected chi connectivity index (χ2v) is 8.07. The second-order valence-electron chi connectivity index (χ2n) is 5.88. The van der Waals surface area contributed by atoms with Crippen LogP contribution in [0, 0.1) is 0 Å². The molecule has 1 aliphatic heterocycles. The third kappa shape index (κ3) is 4.16. The van der Waals surface area contributed by atoms with Gasteiger partial charge in [-0.3, -0.25) is 4.79 Å². The normalized spacial score (nSPS) is 21.9. The number of sulfone groups is 1. The minimum atomic E-state index is -3.16. The number of esters is 1. The molecular weight excluding hydrogens is 338 g/mol. The second kappa shape index (κ2) is 6.68. The van der Waals surface area contributed by atoms with Crippen LogP contribution in [0.25, 0.3) is 0 Å². The molecule has 0 radical (unpaired) electrons. The molecule has 0 spiro atoms. The first kappa shape index (κ1) is 18.1. The van der Waals surface area contributed by atoms with E-state index in [1.807, 2.05) is 0 Å².